The summed E-state index contributed by atoms with van der Waals surface area (Å²) in [6.45, 7) is 38.2. The van der Waals surface area contributed by atoms with Gasteiger partial charge in [0.25, 0.3) is 0 Å². The Labute approximate surface area is 393 Å². The summed E-state index contributed by atoms with van der Waals surface area (Å²) < 4.78 is 0. The molecule has 0 aromatic heterocycles. The first-order valence-corrected chi connectivity index (χ1v) is 25.2. The van der Waals surface area contributed by atoms with E-state index in [1.54, 1.807) is 0 Å². The van der Waals surface area contributed by atoms with Crippen LogP contribution < -0.4 is 81.8 Å². The lowest BCUT2D eigenvalue weighted by molar-refractivity contribution is 0.245. The molecule has 1 heterocycles. The zero-order chi connectivity index (χ0) is 46.8. The molecular weight excluding hydrogens is 811 g/mol. The Kier molecular flexibility index (Phi) is 50.9. The summed E-state index contributed by atoms with van der Waals surface area (Å²) in [6.07, 6.45) is 0. The Balaban J connectivity index is 0.0000126. The second-order valence-corrected chi connectivity index (χ2v) is 16.7. The molecule has 21 nitrogen and oxygen atoms in total. The third-order valence-corrected chi connectivity index (χ3v) is 11.0. The highest BCUT2D eigenvalue weighted by Gasteiger charge is 2.10. The minimum Gasteiger partial charge on any atom is -0.329 e. The van der Waals surface area contributed by atoms with E-state index in [0.29, 0.717) is 32.7 Å². The highest BCUT2D eigenvalue weighted by atomic mass is 15.2. The summed E-state index contributed by atoms with van der Waals surface area (Å²) in [5, 5.41) is 35.0. The van der Waals surface area contributed by atoms with Gasteiger partial charge in [0.15, 0.2) is 0 Å². The Morgan fingerprint density at radius 3 is 0.828 bits per heavy atom. The lowest BCUT2D eigenvalue weighted by atomic mass is 10.3. The topological polar surface area (TPSA) is 280 Å². The van der Waals surface area contributed by atoms with Crippen molar-refractivity contribution in [3.05, 3.63) is 0 Å². The van der Waals surface area contributed by atoms with Crippen LogP contribution in [0.1, 0.15) is 0 Å². The van der Waals surface area contributed by atoms with Crippen LogP contribution in [0.2, 0.25) is 0 Å². The van der Waals surface area contributed by atoms with E-state index < -0.39 is 0 Å². The largest absolute Gasteiger partial charge is 0.329 e. The van der Waals surface area contributed by atoms with Crippen molar-refractivity contribution in [2.75, 3.05) is 283 Å². The molecular formula is C43H109N21. The van der Waals surface area contributed by atoms with Gasteiger partial charge in [0.2, 0.25) is 0 Å². The van der Waals surface area contributed by atoms with Gasteiger partial charge < -0.3 is 86.7 Å². The normalized spacial score (nSPS) is 12.8. The molecule has 20 N–H and O–H groups in total. The Bertz CT molecular complexity index is 876. The van der Waals surface area contributed by atoms with E-state index >= 15 is 0 Å². The van der Waals surface area contributed by atoms with Crippen LogP contribution in [0.3, 0.4) is 0 Å². The maximum Gasteiger partial charge on any atom is 0.0108 e. The summed E-state index contributed by atoms with van der Waals surface area (Å²) in [7, 11) is 6.14. The van der Waals surface area contributed by atoms with E-state index in [1.165, 1.54) is 13.1 Å². The van der Waals surface area contributed by atoms with Gasteiger partial charge in [-0.3, -0.25) is 24.5 Å². The molecule has 21 heteroatoms. The fourth-order valence-electron chi connectivity index (χ4n) is 6.90. The molecule has 0 amide bonds. The van der Waals surface area contributed by atoms with Gasteiger partial charge in [-0.1, -0.05) is 0 Å². The molecule has 0 saturated carbocycles. The molecule has 1 saturated heterocycles. The minimum atomic E-state index is 0.663. The zero-order valence-electron chi connectivity index (χ0n) is 41.9. The SMILES string of the molecule is C1CN1.CNCCNCCN(CCN)CCNCCN(CCNCCN(C)CCN)CCNCCN(CCNCCN(CCN)CCN)CCNCCN(CCNC)CCNCCN. The van der Waals surface area contributed by atoms with Crippen LogP contribution in [-0.4, -0.2) is 312 Å². The van der Waals surface area contributed by atoms with Crippen molar-refractivity contribution >= 4 is 0 Å². The maximum atomic E-state index is 5.92. The second-order valence-electron chi connectivity index (χ2n) is 16.7. The van der Waals surface area contributed by atoms with Crippen LogP contribution in [0.4, 0.5) is 0 Å². The molecule has 0 aliphatic carbocycles. The van der Waals surface area contributed by atoms with Gasteiger partial charge in [-0.2, -0.15) is 0 Å². The third kappa shape index (κ3) is 46.3. The van der Waals surface area contributed by atoms with Crippen LogP contribution in [0.5, 0.6) is 0 Å². The smallest absolute Gasteiger partial charge is 0.0108 e. The molecule has 386 valence electrons. The number of nitrogens with two attached hydrogens (primary N) is 5. The number of nitrogens with zero attached hydrogens (tertiary/aromatic N) is 6. The van der Waals surface area contributed by atoms with Crippen molar-refractivity contribution in [1.82, 2.24) is 82.6 Å². The average molecular weight is 920 g/mol. The second kappa shape index (κ2) is 51.5. The molecule has 0 spiro atoms. The van der Waals surface area contributed by atoms with Crippen molar-refractivity contribution in [3.8, 4) is 0 Å². The van der Waals surface area contributed by atoms with Gasteiger partial charge in [0, 0.05) is 262 Å². The summed E-state index contributed by atoms with van der Waals surface area (Å²) in [5.41, 5.74) is 29.0. The fraction of sp³-hybridized carbons (Fsp3) is 1.00. The fourth-order valence-corrected chi connectivity index (χ4v) is 6.90. The molecule has 0 bridgehead atoms. The molecule has 1 rings (SSSR count). The lowest BCUT2D eigenvalue weighted by Crippen LogP contribution is -2.45. The summed E-state index contributed by atoms with van der Waals surface area (Å²) >= 11 is 0. The number of hydrogen-bond acceptors (Lipinski definition) is 21. The molecule has 0 unspecified atom stereocenters. The molecule has 0 aromatic carbocycles. The molecule has 0 atom stereocenters. The van der Waals surface area contributed by atoms with Crippen molar-refractivity contribution in [1.29, 1.82) is 0 Å². The number of rotatable bonds is 52. The first kappa shape index (κ1) is 63.2. The Hall–Kier alpha value is -0.840. The van der Waals surface area contributed by atoms with Crippen molar-refractivity contribution in [2.45, 2.75) is 0 Å². The van der Waals surface area contributed by atoms with Gasteiger partial charge in [0.05, 0.1) is 0 Å². The van der Waals surface area contributed by atoms with Crippen molar-refractivity contribution in [3.63, 3.8) is 0 Å². The van der Waals surface area contributed by atoms with E-state index in [0.717, 1.165) is 216 Å². The van der Waals surface area contributed by atoms with Crippen LogP contribution in [0, 0.1) is 0 Å². The van der Waals surface area contributed by atoms with E-state index in [9.17, 15) is 0 Å². The first-order chi connectivity index (χ1) is 31.5. The molecule has 1 aliphatic heterocycles. The van der Waals surface area contributed by atoms with E-state index in [4.69, 9.17) is 28.7 Å². The quantitative estimate of drug-likeness (QED) is 0.0199. The van der Waals surface area contributed by atoms with Gasteiger partial charge in [-0.05, 0) is 21.1 Å². The highest BCUT2D eigenvalue weighted by molar-refractivity contribution is 4.71. The Morgan fingerprint density at radius 1 is 0.297 bits per heavy atom. The summed E-state index contributed by atoms with van der Waals surface area (Å²) in [4.78, 5) is 14.8. The van der Waals surface area contributed by atoms with Crippen LogP contribution >= 0.6 is 0 Å². The van der Waals surface area contributed by atoms with Crippen molar-refractivity contribution in [2.24, 2.45) is 28.7 Å². The number of hydrogen-bond donors (Lipinski definition) is 15. The lowest BCUT2D eigenvalue weighted by Gasteiger charge is -2.26. The van der Waals surface area contributed by atoms with Crippen LogP contribution in [-0.2, 0) is 0 Å². The third-order valence-electron chi connectivity index (χ3n) is 11.0. The zero-order valence-corrected chi connectivity index (χ0v) is 41.9. The van der Waals surface area contributed by atoms with Gasteiger partial charge in [0.1, 0.15) is 0 Å². The van der Waals surface area contributed by atoms with Crippen LogP contribution in [0.25, 0.3) is 0 Å². The molecule has 64 heavy (non-hydrogen) atoms. The molecule has 0 radical (unpaired) electrons. The first-order valence-electron chi connectivity index (χ1n) is 25.2. The molecule has 1 aliphatic rings. The van der Waals surface area contributed by atoms with E-state index in [2.05, 4.69) is 89.6 Å². The van der Waals surface area contributed by atoms with Crippen LogP contribution in [0.15, 0.2) is 0 Å². The maximum absolute atomic E-state index is 5.92. The highest BCUT2D eigenvalue weighted by Crippen LogP contribution is 1.92. The standard InChI is InChI=1S/C41H104N20.C2H5N/c1-47-10-11-50-15-32-58(28-8-46)33-17-53-21-38-60(36-18-51-13-29-56(3)25-5-43)39-23-55-24-41-61(37-20-52-16-31-57(26-6-44)27-7-45)40-22-54-19-35-59(30-12-48-2)34-14-49-9-4-42;1-2-3-1/h47-55H,4-46H2,1-3H3;3H,1-2H2. The van der Waals surface area contributed by atoms with Gasteiger partial charge >= 0.3 is 0 Å². The predicted octanol–water partition coefficient (Wildman–Crippen LogP) is -7.62. The Morgan fingerprint density at radius 2 is 0.547 bits per heavy atom. The minimum absolute atomic E-state index is 0.663. The van der Waals surface area contributed by atoms with Gasteiger partial charge in [-0.25, -0.2) is 0 Å². The monoisotopic (exact) mass is 920 g/mol. The molecule has 0 aromatic rings. The van der Waals surface area contributed by atoms with Crippen molar-refractivity contribution < 1.29 is 0 Å². The number of nitrogens with one attached hydrogen (secondary N) is 10. The average Bonchev–Trinajstić information content (AvgIpc) is 4.19. The summed E-state index contributed by atoms with van der Waals surface area (Å²) in [6, 6.07) is 0. The van der Waals surface area contributed by atoms with E-state index in [1.807, 2.05) is 14.1 Å². The van der Waals surface area contributed by atoms with E-state index in [-0.39, 0.29) is 0 Å². The predicted molar refractivity (Wildman–Crippen MR) is 276 cm³/mol. The summed E-state index contributed by atoms with van der Waals surface area (Å²) in [5.74, 6) is 0. The number of likely N-dealkylation sites (N-methyl/N-ethyl adjacent to an activating group) is 3. The molecule has 1 fully saturated rings. The van der Waals surface area contributed by atoms with Gasteiger partial charge in [-0.15, -0.1) is 0 Å².